The third-order valence-corrected chi connectivity index (χ3v) is 3.15. The van der Waals surface area contributed by atoms with Crippen LogP contribution in [0.2, 0.25) is 0 Å². The lowest BCUT2D eigenvalue weighted by Gasteiger charge is -2.09. The van der Waals surface area contributed by atoms with Gasteiger partial charge >= 0.3 is 0 Å². The molecule has 3 rings (SSSR count). The van der Waals surface area contributed by atoms with E-state index in [0.29, 0.717) is 18.2 Å². The number of carbonyl (C=O) groups excluding carboxylic acids is 1. The molecule has 0 aliphatic carbocycles. The van der Waals surface area contributed by atoms with Gasteiger partial charge in [0.2, 0.25) is 5.91 Å². The van der Waals surface area contributed by atoms with E-state index in [1.165, 1.54) is 13.3 Å². The number of rotatable bonds is 6. The highest BCUT2D eigenvalue weighted by molar-refractivity contribution is 5.89. The molecule has 7 nitrogen and oxygen atoms in total. The lowest BCUT2D eigenvalue weighted by atomic mass is 10.2. The number of aromatic nitrogens is 2. The largest absolute Gasteiger partial charge is 0.467 e. The predicted molar refractivity (Wildman–Crippen MR) is 92.1 cm³/mol. The highest BCUT2D eigenvalue weighted by Crippen LogP contribution is 2.20. The maximum Gasteiger partial charge on any atom is 0.221 e. The molecule has 24 heavy (non-hydrogen) atoms. The molecule has 0 atom stereocenters. The van der Waals surface area contributed by atoms with E-state index < -0.39 is 0 Å². The molecule has 2 heterocycles. The summed E-state index contributed by atoms with van der Waals surface area (Å²) in [6.07, 6.45) is 3.11. The Hall–Kier alpha value is -3.35. The second-order valence-electron chi connectivity index (χ2n) is 5.11. The number of furan rings is 1. The van der Waals surface area contributed by atoms with Crippen LogP contribution in [0.3, 0.4) is 0 Å². The summed E-state index contributed by atoms with van der Waals surface area (Å²) in [6.45, 7) is 2.02. The first-order chi connectivity index (χ1) is 11.7. The number of nitrogens with zero attached hydrogens (tertiary/aromatic N) is 2. The van der Waals surface area contributed by atoms with Crippen molar-refractivity contribution in [3.05, 3.63) is 60.8 Å². The van der Waals surface area contributed by atoms with E-state index in [4.69, 9.17) is 4.42 Å². The standard InChI is InChI=1S/C17H17N5O2/c1-12(23)21-13-4-2-5-14(8-13)22-17-9-16(19-11-20-17)18-10-15-6-3-7-24-15/h2-9,11H,10H2,1H3,(H,21,23)(H2,18,19,20,22). The van der Waals surface area contributed by atoms with Crippen LogP contribution >= 0.6 is 0 Å². The lowest BCUT2D eigenvalue weighted by molar-refractivity contribution is -0.114. The number of hydrogen-bond donors (Lipinski definition) is 3. The van der Waals surface area contributed by atoms with Crippen LogP contribution in [0.1, 0.15) is 12.7 Å². The highest BCUT2D eigenvalue weighted by atomic mass is 16.3. The Kier molecular flexibility index (Phi) is 4.71. The molecule has 0 aliphatic rings. The summed E-state index contributed by atoms with van der Waals surface area (Å²) in [5, 5.41) is 9.10. The van der Waals surface area contributed by atoms with E-state index in [2.05, 4.69) is 25.9 Å². The van der Waals surface area contributed by atoms with Crippen molar-refractivity contribution < 1.29 is 9.21 Å². The van der Waals surface area contributed by atoms with E-state index in [1.54, 1.807) is 12.3 Å². The number of hydrogen-bond acceptors (Lipinski definition) is 6. The topological polar surface area (TPSA) is 92.1 Å². The molecule has 3 N–H and O–H groups in total. The first-order valence-corrected chi connectivity index (χ1v) is 7.42. The van der Waals surface area contributed by atoms with Gasteiger partial charge in [0.05, 0.1) is 12.8 Å². The molecule has 3 aromatic rings. The first-order valence-electron chi connectivity index (χ1n) is 7.42. The highest BCUT2D eigenvalue weighted by Gasteiger charge is 2.02. The Labute approximate surface area is 139 Å². The molecule has 1 amide bonds. The Morgan fingerprint density at radius 1 is 1.08 bits per heavy atom. The van der Waals surface area contributed by atoms with Gasteiger partial charge in [-0.05, 0) is 30.3 Å². The van der Waals surface area contributed by atoms with Crippen LogP contribution in [0.4, 0.5) is 23.0 Å². The Morgan fingerprint density at radius 2 is 1.92 bits per heavy atom. The van der Waals surface area contributed by atoms with Gasteiger partial charge in [-0.1, -0.05) is 6.07 Å². The molecule has 0 fully saturated rings. The lowest BCUT2D eigenvalue weighted by Crippen LogP contribution is -2.06. The van der Waals surface area contributed by atoms with Gasteiger partial charge in [0.25, 0.3) is 0 Å². The van der Waals surface area contributed by atoms with Gasteiger partial charge in [0.1, 0.15) is 23.7 Å². The van der Waals surface area contributed by atoms with Crippen molar-refractivity contribution in [1.82, 2.24) is 9.97 Å². The molecule has 1 aromatic carbocycles. The molecule has 0 bridgehead atoms. The molecule has 0 saturated carbocycles. The summed E-state index contributed by atoms with van der Waals surface area (Å²) in [6, 6.07) is 12.9. The monoisotopic (exact) mass is 323 g/mol. The van der Waals surface area contributed by atoms with Crippen molar-refractivity contribution in [2.24, 2.45) is 0 Å². The molecule has 0 spiro atoms. The van der Waals surface area contributed by atoms with Crippen molar-refractivity contribution >= 4 is 28.9 Å². The number of amides is 1. The zero-order valence-corrected chi connectivity index (χ0v) is 13.1. The number of benzene rings is 1. The summed E-state index contributed by atoms with van der Waals surface area (Å²) < 4.78 is 5.27. The van der Waals surface area contributed by atoms with Gasteiger partial charge in [-0.3, -0.25) is 4.79 Å². The van der Waals surface area contributed by atoms with Crippen LogP contribution in [0, 0.1) is 0 Å². The molecule has 0 unspecified atom stereocenters. The van der Waals surface area contributed by atoms with Gasteiger partial charge in [-0.2, -0.15) is 0 Å². The average Bonchev–Trinajstić information content (AvgIpc) is 3.06. The molecular formula is C17H17N5O2. The maximum absolute atomic E-state index is 11.1. The normalized spacial score (nSPS) is 10.2. The summed E-state index contributed by atoms with van der Waals surface area (Å²) in [7, 11) is 0. The van der Waals surface area contributed by atoms with Crippen molar-refractivity contribution in [3.8, 4) is 0 Å². The van der Waals surface area contributed by atoms with Crippen LogP contribution in [-0.4, -0.2) is 15.9 Å². The van der Waals surface area contributed by atoms with Crippen LogP contribution in [0.15, 0.2) is 59.5 Å². The van der Waals surface area contributed by atoms with E-state index in [0.717, 1.165) is 17.1 Å². The molecular weight excluding hydrogens is 306 g/mol. The smallest absolute Gasteiger partial charge is 0.221 e. The van der Waals surface area contributed by atoms with Crippen LogP contribution in [0.5, 0.6) is 0 Å². The third-order valence-electron chi connectivity index (χ3n) is 3.15. The summed E-state index contributed by atoms with van der Waals surface area (Å²) in [4.78, 5) is 19.5. The average molecular weight is 323 g/mol. The molecule has 0 radical (unpaired) electrons. The fourth-order valence-corrected chi connectivity index (χ4v) is 2.14. The van der Waals surface area contributed by atoms with E-state index >= 15 is 0 Å². The quantitative estimate of drug-likeness (QED) is 0.644. The minimum atomic E-state index is -0.112. The van der Waals surface area contributed by atoms with Gasteiger partial charge in [0.15, 0.2) is 0 Å². The van der Waals surface area contributed by atoms with E-state index in [9.17, 15) is 4.79 Å². The fourth-order valence-electron chi connectivity index (χ4n) is 2.14. The third kappa shape index (κ3) is 4.33. The van der Waals surface area contributed by atoms with Crippen molar-refractivity contribution in [2.75, 3.05) is 16.0 Å². The van der Waals surface area contributed by atoms with Gasteiger partial charge in [0, 0.05) is 24.4 Å². The van der Waals surface area contributed by atoms with Gasteiger partial charge in [-0.15, -0.1) is 0 Å². The van der Waals surface area contributed by atoms with Gasteiger partial charge in [-0.25, -0.2) is 9.97 Å². The fraction of sp³-hybridized carbons (Fsp3) is 0.118. The molecule has 122 valence electrons. The number of carbonyl (C=O) groups is 1. The zero-order chi connectivity index (χ0) is 16.8. The minimum absolute atomic E-state index is 0.112. The summed E-state index contributed by atoms with van der Waals surface area (Å²) in [5.41, 5.74) is 1.54. The molecule has 0 aliphatic heterocycles. The van der Waals surface area contributed by atoms with Crippen molar-refractivity contribution in [3.63, 3.8) is 0 Å². The van der Waals surface area contributed by atoms with Crippen LogP contribution in [0.25, 0.3) is 0 Å². The van der Waals surface area contributed by atoms with Crippen LogP contribution < -0.4 is 16.0 Å². The Bertz CT molecular complexity index is 817. The second-order valence-corrected chi connectivity index (χ2v) is 5.11. The van der Waals surface area contributed by atoms with E-state index in [1.807, 2.05) is 36.4 Å². The maximum atomic E-state index is 11.1. The van der Waals surface area contributed by atoms with E-state index in [-0.39, 0.29) is 5.91 Å². The second kappa shape index (κ2) is 7.28. The molecule has 7 heteroatoms. The first kappa shape index (κ1) is 15.5. The molecule has 0 saturated heterocycles. The number of nitrogens with one attached hydrogen (secondary N) is 3. The van der Waals surface area contributed by atoms with Gasteiger partial charge < -0.3 is 20.4 Å². The SMILES string of the molecule is CC(=O)Nc1cccc(Nc2cc(NCc3ccco3)ncn2)c1. The number of anilines is 4. The van der Waals surface area contributed by atoms with Crippen molar-refractivity contribution in [2.45, 2.75) is 13.5 Å². The predicted octanol–water partition coefficient (Wildman–Crippen LogP) is 3.38. The summed E-state index contributed by atoms with van der Waals surface area (Å²) >= 11 is 0. The summed E-state index contributed by atoms with van der Waals surface area (Å²) in [5.74, 6) is 2.04. The van der Waals surface area contributed by atoms with Crippen LogP contribution in [-0.2, 0) is 11.3 Å². The molecule has 2 aromatic heterocycles. The zero-order valence-electron chi connectivity index (χ0n) is 13.1. The van der Waals surface area contributed by atoms with Crippen molar-refractivity contribution in [1.29, 1.82) is 0 Å². The Morgan fingerprint density at radius 3 is 2.71 bits per heavy atom. The Balaban J connectivity index is 1.67. The minimum Gasteiger partial charge on any atom is -0.467 e.